The van der Waals surface area contributed by atoms with Crippen molar-refractivity contribution in [2.45, 2.75) is 51.4 Å². The molecule has 0 amide bonds. The molecule has 3 aliphatic rings. The number of pyridine rings is 1. The summed E-state index contributed by atoms with van der Waals surface area (Å²) in [4.78, 5) is 16.9. The summed E-state index contributed by atoms with van der Waals surface area (Å²) >= 11 is 0. The second-order valence-corrected chi connectivity index (χ2v) is 7.11. The maximum atomic E-state index is 12.4. The number of carbonyl (C=O) groups excluding carboxylic acids is 1. The molecule has 5 rings (SSSR count). The molecule has 25 heavy (non-hydrogen) atoms. The van der Waals surface area contributed by atoms with Crippen molar-refractivity contribution in [1.82, 2.24) is 4.98 Å². The third-order valence-electron chi connectivity index (χ3n) is 5.47. The minimum absolute atomic E-state index is 0.284. The highest BCUT2D eigenvalue weighted by atomic mass is 16.5. The van der Waals surface area contributed by atoms with E-state index in [0.717, 1.165) is 29.8 Å². The fourth-order valence-electron chi connectivity index (χ4n) is 4.40. The van der Waals surface area contributed by atoms with Gasteiger partial charge in [0.15, 0.2) is 5.69 Å². The zero-order valence-corrected chi connectivity index (χ0v) is 14.8. The maximum Gasteiger partial charge on any atom is 0.357 e. The van der Waals surface area contributed by atoms with Crippen molar-refractivity contribution in [2.24, 2.45) is 0 Å². The first-order valence-corrected chi connectivity index (χ1v) is 9.21. The number of hydrogen-bond donors (Lipinski definition) is 1. The molecule has 2 bridgehead atoms. The monoisotopic (exact) mass is 336 g/mol. The zero-order valence-electron chi connectivity index (χ0n) is 14.8. The van der Waals surface area contributed by atoms with E-state index >= 15 is 0 Å². The number of nitrogens with zero attached hydrogens (tertiary/aromatic N) is 1. The van der Waals surface area contributed by atoms with Gasteiger partial charge < -0.3 is 10.1 Å². The van der Waals surface area contributed by atoms with E-state index in [2.05, 4.69) is 41.5 Å². The van der Waals surface area contributed by atoms with Crippen molar-refractivity contribution < 1.29 is 9.53 Å². The van der Waals surface area contributed by atoms with Crippen molar-refractivity contribution >= 4 is 17.3 Å². The van der Waals surface area contributed by atoms with Crippen LogP contribution in [0.4, 0.5) is 11.4 Å². The third-order valence-corrected chi connectivity index (χ3v) is 5.47. The van der Waals surface area contributed by atoms with Crippen LogP contribution in [-0.4, -0.2) is 17.6 Å². The molecule has 0 radical (unpaired) electrons. The molecule has 1 N–H and O–H groups in total. The standard InChI is InChI=1S/C21H24N2O2/c1-3-25-21(24)20-19-15-9-7-14(8-10-15)18(19)17(12-22-20)23-16-6-4-5-13(2)11-16/h4-6,11-12,14-15,23H,3,7-10H2,1-2H3. The van der Waals surface area contributed by atoms with Crippen LogP contribution in [0.2, 0.25) is 0 Å². The van der Waals surface area contributed by atoms with E-state index in [1.54, 1.807) is 0 Å². The van der Waals surface area contributed by atoms with E-state index < -0.39 is 0 Å². The van der Waals surface area contributed by atoms with Crippen molar-refractivity contribution in [1.29, 1.82) is 0 Å². The molecule has 1 heterocycles. The molecule has 3 aliphatic carbocycles. The second kappa shape index (κ2) is 6.51. The van der Waals surface area contributed by atoms with Crippen LogP contribution >= 0.6 is 0 Å². The molecule has 130 valence electrons. The van der Waals surface area contributed by atoms with Gasteiger partial charge in [0.2, 0.25) is 0 Å². The summed E-state index contributed by atoms with van der Waals surface area (Å²) in [5.41, 5.74) is 6.29. The van der Waals surface area contributed by atoms with Gasteiger partial charge >= 0.3 is 5.97 Å². The van der Waals surface area contributed by atoms with Gasteiger partial charge in [0.1, 0.15) is 0 Å². The quantitative estimate of drug-likeness (QED) is 0.792. The summed E-state index contributed by atoms with van der Waals surface area (Å²) in [6, 6.07) is 8.34. The normalized spacial score (nSPS) is 20.9. The van der Waals surface area contributed by atoms with E-state index in [-0.39, 0.29) is 5.97 Å². The minimum Gasteiger partial charge on any atom is -0.461 e. The molecular weight excluding hydrogens is 312 g/mol. The van der Waals surface area contributed by atoms with E-state index in [4.69, 9.17) is 4.74 Å². The lowest BCUT2D eigenvalue weighted by Gasteiger charge is -2.40. The molecule has 0 aliphatic heterocycles. The molecule has 0 atom stereocenters. The van der Waals surface area contributed by atoms with Crippen LogP contribution < -0.4 is 5.32 Å². The number of fused-ring (bicyclic) bond motifs is 2. The van der Waals surface area contributed by atoms with Gasteiger partial charge in [-0.2, -0.15) is 0 Å². The van der Waals surface area contributed by atoms with Crippen molar-refractivity contribution in [2.75, 3.05) is 11.9 Å². The molecule has 1 fully saturated rings. The first kappa shape index (κ1) is 16.1. The largest absolute Gasteiger partial charge is 0.461 e. The van der Waals surface area contributed by atoms with E-state index in [0.29, 0.717) is 24.1 Å². The van der Waals surface area contributed by atoms with Crippen molar-refractivity contribution in [3.8, 4) is 0 Å². The Bertz CT molecular complexity index is 808. The highest BCUT2D eigenvalue weighted by Gasteiger charge is 2.38. The molecule has 0 spiro atoms. The van der Waals surface area contributed by atoms with Crippen LogP contribution in [0, 0.1) is 6.92 Å². The summed E-state index contributed by atoms with van der Waals surface area (Å²) in [5, 5.41) is 3.54. The number of aryl methyl sites for hydroxylation is 1. The number of esters is 1. The Morgan fingerprint density at radius 2 is 1.92 bits per heavy atom. The number of hydrogen-bond acceptors (Lipinski definition) is 4. The smallest absolute Gasteiger partial charge is 0.357 e. The Hall–Kier alpha value is -2.36. The Labute approximate surface area is 148 Å². The number of aromatic nitrogens is 1. The average Bonchev–Trinajstić information content (AvgIpc) is 2.63. The van der Waals surface area contributed by atoms with Gasteiger partial charge in [-0.3, -0.25) is 0 Å². The molecule has 0 unspecified atom stereocenters. The van der Waals surface area contributed by atoms with E-state index in [9.17, 15) is 4.79 Å². The van der Waals surface area contributed by atoms with Crippen LogP contribution in [0.3, 0.4) is 0 Å². The van der Waals surface area contributed by atoms with Crippen molar-refractivity contribution in [3.63, 3.8) is 0 Å². The average molecular weight is 336 g/mol. The first-order chi connectivity index (χ1) is 12.2. The topological polar surface area (TPSA) is 51.2 Å². The lowest BCUT2D eigenvalue weighted by molar-refractivity contribution is 0.0516. The summed E-state index contributed by atoms with van der Waals surface area (Å²) in [6.07, 6.45) is 6.52. The van der Waals surface area contributed by atoms with Gasteiger partial charge in [0.05, 0.1) is 18.5 Å². The molecule has 1 saturated carbocycles. The Balaban J connectivity index is 1.79. The molecule has 1 aromatic heterocycles. The predicted molar refractivity (Wildman–Crippen MR) is 98.6 cm³/mol. The van der Waals surface area contributed by atoms with Crippen LogP contribution in [0.5, 0.6) is 0 Å². The van der Waals surface area contributed by atoms with Crippen LogP contribution in [0.1, 0.15) is 71.6 Å². The van der Waals surface area contributed by atoms with Gasteiger partial charge in [-0.1, -0.05) is 12.1 Å². The molecule has 1 aromatic carbocycles. The Morgan fingerprint density at radius 3 is 2.60 bits per heavy atom. The van der Waals surface area contributed by atoms with Crippen LogP contribution in [0.25, 0.3) is 0 Å². The molecule has 0 saturated heterocycles. The Kier molecular flexibility index (Phi) is 4.20. The van der Waals surface area contributed by atoms with E-state index in [1.807, 2.05) is 13.1 Å². The number of rotatable bonds is 4. The van der Waals surface area contributed by atoms with Gasteiger partial charge in [-0.25, -0.2) is 9.78 Å². The fourth-order valence-corrected chi connectivity index (χ4v) is 4.40. The second-order valence-electron chi connectivity index (χ2n) is 7.11. The maximum absolute atomic E-state index is 12.4. The van der Waals surface area contributed by atoms with E-state index in [1.165, 1.54) is 24.0 Å². The molecule has 4 heteroatoms. The highest BCUT2D eigenvalue weighted by molar-refractivity contribution is 5.91. The van der Waals surface area contributed by atoms with Gasteiger partial charge in [0, 0.05) is 5.69 Å². The number of benzene rings is 1. The first-order valence-electron chi connectivity index (χ1n) is 9.21. The Morgan fingerprint density at radius 1 is 1.20 bits per heavy atom. The number of ether oxygens (including phenoxy) is 1. The summed E-state index contributed by atoms with van der Waals surface area (Å²) in [6.45, 7) is 4.31. The van der Waals surface area contributed by atoms with Gasteiger partial charge in [-0.15, -0.1) is 0 Å². The third kappa shape index (κ3) is 2.90. The zero-order chi connectivity index (χ0) is 17.4. The number of anilines is 2. The minimum atomic E-state index is -0.284. The predicted octanol–water partition coefficient (Wildman–Crippen LogP) is 5.07. The molecule has 2 aromatic rings. The van der Waals surface area contributed by atoms with Crippen LogP contribution in [-0.2, 0) is 4.74 Å². The van der Waals surface area contributed by atoms with Crippen LogP contribution in [0.15, 0.2) is 30.5 Å². The van der Waals surface area contributed by atoms with Gasteiger partial charge in [0.25, 0.3) is 0 Å². The SMILES string of the molecule is CCOC(=O)c1ncc(Nc2cccc(C)c2)c2c1C1CCC2CC1. The summed E-state index contributed by atoms with van der Waals surface area (Å²) in [7, 11) is 0. The van der Waals surface area contributed by atoms with Crippen molar-refractivity contribution in [3.05, 3.63) is 52.8 Å². The molecular formula is C21H24N2O2. The summed E-state index contributed by atoms with van der Waals surface area (Å²) < 4.78 is 5.25. The highest BCUT2D eigenvalue weighted by Crippen LogP contribution is 2.52. The lowest BCUT2D eigenvalue weighted by Crippen LogP contribution is -2.27. The fraction of sp³-hybridized carbons (Fsp3) is 0.429. The summed E-state index contributed by atoms with van der Waals surface area (Å²) in [5.74, 6) is 0.669. The number of carbonyl (C=O) groups is 1. The molecule has 4 nitrogen and oxygen atoms in total. The number of nitrogens with one attached hydrogen (secondary N) is 1. The van der Waals surface area contributed by atoms with Gasteiger partial charge in [-0.05, 0) is 80.2 Å². The lowest BCUT2D eigenvalue weighted by atomic mass is 9.66.